The molecular weight excluding hydrogens is 374 g/mol. The zero-order chi connectivity index (χ0) is 20.0. The summed E-state index contributed by atoms with van der Waals surface area (Å²) in [4.78, 5) is 36.2. The van der Waals surface area contributed by atoms with Crippen LogP contribution in [0.1, 0.15) is 32.5 Å². The molecule has 1 heterocycles. The van der Waals surface area contributed by atoms with Gasteiger partial charge in [-0.1, -0.05) is 18.2 Å². The van der Waals surface area contributed by atoms with Crippen LogP contribution >= 0.6 is 11.3 Å². The molecule has 1 atom stereocenters. The molecule has 0 unspecified atom stereocenters. The van der Waals surface area contributed by atoms with E-state index >= 15 is 0 Å². The second kappa shape index (κ2) is 9.04. The number of nitrogens with two attached hydrogens (primary N) is 1. The fourth-order valence-corrected chi connectivity index (χ4v) is 3.20. The van der Waals surface area contributed by atoms with Gasteiger partial charge in [-0.3, -0.25) is 0 Å². The topological polar surface area (TPSA) is 114 Å². The van der Waals surface area contributed by atoms with Gasteiger partial charge in [0.15, 0.2) is 6.10 Å². The van der Waals surface area contributed by atoms with Crippen LogP contribution in [0.15, 0.2) is 30.3 Å². The molecule has 0 radical (unpaired) electrons. The first-order chi connectivity index (χ1) is 12.9. The minimum atomic E-state index is -0.897. The third kappa shape index (κ3) is 4.76. The van der Waals surface area contributed by atoms with E-state index in [4.69, 9.17) is 19.9 Å². The highest BCUT2D eigenvalue weighted by Crippen LogP contribution is 2.33. The van der Waals surface area contributed by atoms with Crippen molar-refractivity contribution in [1.82, 2.24) is 0 Å². The Kier molecular flexibility index (Phi) is 6.78. The third-order valence-corrected chi connectivity index (χ3v) is 4.58. The van der Waals surface area contributed by atoms with Gasteiger partial charge in [0, 0.05) is 5.56 Å². The largest absolute Gasteiger partial charge is 0.479 e. The molecule has 27 heavy (non-hydrogen) atoms. The van der Waals surface area contributed by atoms with Gasteiger partial charge in [-0.2, -0.15) is 0 Å². The molecule has 0 saturated carbocycles. The monoisotopic (exact) mass is 393 g/mol. The molecule has 8 nitrogen and oxygen atoms in total. The van der Waals surface area contributed by atoms with Gasteiger partial charge in [-0.05, 0) is 19.1 Å². The number of hydrogen-bond acceptors (Lipinski definition) is 9. The lowest BCUT2D eigenvalue weighted by atomic mass is 10.1. The van der Waals surface area contributed by atoms with E-state index in [-0.39, 0.29) is 27.6 Å². The maximum atomic E-state index is 12.2. The first kappa shape index (κ1) is 20.2. The highest BCUT2D eigenvalue weighted by molar-refractivity contribution is 7.18. The van der Waals surface area contributed by atoms with E-state index in [9.17, 15) is 14.4 Å². The van der Waals surface area contributed by atoms with Crippen LogP contribution in [-0.2, 0) is 25.6 Å². The molecule has 0 saturated heterocycles. The van der Waals surface area contributed by atoms with E-state index in [1.807, 2.05) is 6.07 Å². The van der Waals surface area contributed by atoms with E-state index < -0.39 is 24.0 Å². The number of para-hydroxylation sites is 1. The van der Waals surface area contributed by atoms with Gasteiger partial charge in [0.25, 0.3) is 0 Å². The summed E-state index contributed by atoms with van der Waals surface area (Å²) < 4.78 is 20.1. The van der Waals surface area contributed by atoms with Gasteiger partial charge in [-0.25, -0.2) is 14.4 Å². The normalized spacial score (nSPS) is 11.4. The molecule has 1 aromatic carbocycles. The number of thiophene rings is 1. The first-order valence-electron chi connectivity index (χ1n) is 7.85. The lowest BCUT2D eigenvalue weighted by Gasteiger charge is -2.14. The molecule has 144 valence electrons. The molecule has 1 aromatic heterocycles. The Bertz CT molecular complexity index is 832. The Morgan fingerprint density at radius 3 is 2.30 bits per heavy atom. The lowest BCUT2D eigenvalue weighted by Crippen LogP contribution is -2.26. The molecule has 0 fully saturated rings. The summed E-state index contributed by atoms with van der Waals surface area (Å²) in [5.41, 5.74) is 5.94. The standard InChI is InChI=1S/C18H19NO7S/c1-10(26-11-7-5-4-6-8-11)16(20)25-9-12-13(17(21)23-2)15(19)27-14(12)18(22)24-3/h4-8,10H,9,19H2,1-3H3/t10-/m1/s1. The highest BCUT2D eigenvalue weighted by Gasteiger charge is 2.28. The number of nitrogen functional groups attached to an aromatic ring is 1. The zero-order valence-electron chi connectivity index (χ0n) is 15.0. The van der Waals surface area contributed by atoms with E-state index in [0.29, 0.717) is 5.75 Å². The van der Waals surface area contributed by atoms with Gasteiger partial charge in [-0.15, -0.1) is 11.3 Å². The molecule has 9 heteroatoms. The van der Waals surface area contributed by atoms with Crippen LogP contribution in [-0.4, -0.2) is 38.2 Å². The van der Waals surface area contributed by atoms with Crippen LogP contribution in [0.2, 0.25) is 0 Å². The molecule has 2 N–H and O–H groups in total. The number of carbonyl (C=O) groups is 3. The molecule has 0 spiro atoms. The molecule has 0 amide bonds. The fraction of sp³-hybridized carbons (Fsp3) is 0.278. The molecule has 0 aliphatic heterocycles. The number of ether oxygens (including phenoxy) is 4. The van der Waals surface area contributed by atoms with E-state index in [1.54, 1.807) is 24.3 Å². The molecule has 0 bridgehead atoms. The summed E-state index contributed by atoms with van der Waals surface area (Å²) >= 11 is 0.860. The average Bonchev–Trinajstić information content (AvgIpc) is 3.01. The van der Waals surface area contributed by atoms with Crippen molar-refractivity contribution in [2.75, 3.05) is 20.0 Å². The summed E-state index contributed by atoms with van der Waals surface area (Å²) in [5, 5.41) is 0.0712. The quantitative estimate of drug-likeness (QED) is 0.563. The van der Waals surface area contributed by atoms with Crippen LogP contribution in [0, 0.1) is 0 Å². The summed E-state index contributed by atoms with van der Waals surface area (Å²) in [6.07, 6.45) is -0.897. The van der Waals surface area contributed by atoms with Crippen LogP contribution in [0.5, 0.6) is 5.75 Å². The second-order valence-electron chi connectivity index (χ2n) is 5.31. The number of rotatable bonds is 7. The predicted octanol–water partition coefficient (Wildman–Crippen LogP) is 2.41. The summed E-state index contributed by atoms with van der Waals surface area (Å²) in [6, 6.07) is 8.77. The Labute approximate surface area is 159 Å². The Hall–Kier alpha value is -3.07. The smallest absolute Gasteiger partial charge is 0.348 e. The van der Waals surface area contributed by atoms with E-state index in [1.165, 1.54) is 21.1 Å². The molecular formula is C18H19NO7S. The van der Waals surface area contributed by atoms with Crippen molar-refractivity contribution in [3.63, 3.8) is 0 Å². The summed E-state index contributed by atoms with van der Waals surface area (Å²) in [7, 11) is 2.38. The zero-order valence-corrected chi connectivity index (χ0v) is 15.8. The SMILES string of the molecule is COC(=O)c1sc(N)c(C(=O)OC)c1COC(=O)[C@@H](C)Oc1ccccc1. The Morgan fingerprint density at radius 1 is 1.07 bits per heavy atom. The molecule has 0 aliphatic rings. The minimum absolute atomic E-state index is 0.0210. The van der Waals surface area contributed by atoms with Crippen molar-refractivity contribution in [2.45, 2.75) is 19.6 Å². The third-order valence-electron chi connectivity index (χ3n) is 3.54. The van der Waals surface area contributed by atoms with Gasteiger partial charge < -0.3 is 24.7 Å². The first-order valence-corrected chi connectivity index (χ1v) is 8.66. The molecule has 2 aromatic rings. The highest BCUT2D eigenvalue weighted by atomic mass is 32.1. The lowest BCUT2D eigenvalue weighted by molar-refractivity contribution is -0.152. The number of carbonyl (C=O) groups excluding carboxylic acids is 3. The van der Waals surface area contributed by atoms with Gasteiger partial charge in [0.1, 0.15) is 27.8 Å². The number of esters is 3. The van der Waals surface area contributed by atoms with Crippen molar-refractivity contribution in [2.24, 2.45) is 0 Å². The van der Waals surface area contributed by atoms with Crippen LogP contribution in [0.25, 0.3) is 0 Å². The van der Waals surface area contributed by atoms with Crippen molar-refractivity contribution >= 4 is 34.2 Å². The Morgan fingerprint density at radius 2 is 1.70 bits per heavy atom. The maximum Gasteiger partial charge on any atom is 0.348 e. The number of anilines is 1. The van der Waals surface area contributed by atoms with Crippen LogP contribution in [0.4, 0.5) is 5.00 Å². The predicted molar refractivity (Wildman–Crippen MR) is 97.7 cm³/mol. The maximum absolute atomic E-state index is 12.2. The fourth-order valence-electron chi connectivity index (χ4n) is 2.22. The number of methoxy groups -OCH3 is 2. The Balaban J connectivity index is 2.16. The second-order valence-corrected chi connectivity index (χ2v) is 6.37. The van der Waals surface area contributed by atoms with E-state index in [2.05, 4.69) is 4.74 Å². The van der Waals surface area contributed by atoms with Crippen molar-refractivity contribution < 1.29 is 33.3 Å². The minimum Gasteiger partial charge on any atom is -0.479 e. The molecule has 2 rings (SSSR count). The van der Waals surface area contributed by atoms with Crippen LogP contribution in [0.3, 0.4) is 0 Å². The van der Waals surface area contributed by atoms with E-state index in [0.717, 1.165) is 11.3 Å². The summed E-state index contributed by atoms with van der Waals surface area (Å²) in [5.74, 6) is -1.59. The van der Waals surface area contributed by atoms with Gasteiger partial charge in [0.05, 0.1) is 14.2 Å². The number of benzene rings is 1. The van der Waals surface area contributed by atoms with Crippen LogP contribution < -0.4 is 10.5 Å². The summed E-state index contributed by atoms with van der Waals surface area (Å²) in [6.45, 7) is 1.17. The van der Waals surface area contributed by atoms with Crippen molar-refractivity contribution in [1.29, 1.82) is 0 Å². The number of hydrogen-bond donors (Lipinski definition) is 1. The van der Waals surface area contributed by atoms with Crippen molar-refractivity contribution in [3.05, 3.63) is 46.3 Å². The average molecular weight is 393 g/mol. The van der Waals surface area contributed by atoms with Gasteiger partial charge >= 0.3 is 17.9 Å². The van der Waals surface area contributed by atoms with Crippen molar-refractivity contribution in [3.8, 4) is 5.75 Å². The molecule has 0 aliphatic carbocycles. The van der Waals surface area contributed by atoms with Gasteiger partial charge in [0.2, 0.25) is 0 Å².